The molecule has 0 aliphatic rings. The summed E-state index contributed by atoms with van der Waals surface area (Å²) in [4.78, 5) is 3.69. The van der Waals surface area contributed by atoms with Crippen molar-refractivity contribution in [3.05, 3.63) is 10.6 Å². The zero-order valence-electron chi connectivity index (χ0n) is 4.49. The molecule has 2 N–H and O–H groups in total. The fourth-order valence-corrected chi connectivity index (χ4v) is 0.815. The molecule has 0 unspecified atom stereocenters. The van der Waals surface area contributed by atoms with Crippen LogP contribution in [0.2, 0.25) is 0 Å². The first kappa shape index (κ1) is 8.33. The van der Waals surface area contributed by atoms with Crippen LogP contribution in [0.25, 0.3) is 0 Å². The van der Waals surface area contributed by atoms with Gasteiger partial charge in [0.25, 0.3) is 0 Å². The van der Waals surface area contributed by atoms with Crippen molar-refractivity contribution in [3.63, 3.8) is 0 Å². The lowest BCUT2D eigenvalue weighted by Crippen LogP contribution is -2.02. The molecule has 0 aliphatic carbocycles. The van der Waals surface area contributed by atoms with Crippen LogP contribution in [0.1, 0.15) is 5.82 Å². The van der Waals surface area contributed by atoms with Crippen molar-refractivity contribution in [2.24, 2.45) is 0 Å². The first-order valence-electron chi connectivity index (χ1n) is 2.22. The average molecular weight is 218 g/mol. The van der Waals surface area contributed by atoms with E-state index in [1.807, 2.05) is 0 Å². The van der Waals surface area contributed by atoms with Gasteiger partial charge in [0.05, 0.1) is 0 Å². The number of nitrogens with one attached hydrogen (secondary N) is 2. The normalized spacial score (nSPS) is 11.9. The van der Waals surface area contributed by atoms with Crippen molar-refractivity contribution in [2.75, 3.05) is 0 Å². The Labute approximate surface area is 76.7 Å². The van der Waals surface area contributed by atoms with E-state index in [1.165, 1.54) is 0 Å². The van der Waals surface area contributed by atoms with E-state index in [0.29, 0.717) is 0 Å². The fourth-order valence-electron chi connectivity index (χ4n) is 0.404. The van der Waals surface area contributed by atoms with Gasteiger partial charge in [-0.1, -0.05) is 34.8 Å². The predicted molar refractivity (Wildman–Crippen MR) is 43.0 cm³/mol. The summed E-state index contributed by atoms with van der Waals surface area (Å²) in [7, 11) is 0. The molecule has 0 fully saturated rings. The SMILES string of the molecule is S=c1nc(C(Cl)(Cl)Cl)[nH][nH]1. The van der Waals surface area contributed by atoms with Crippen molar-refractivity contribution in [1.82, 2.24) is 15.2 Å². The number of aromatic nitrogens is 3. The summed E-state index contributed by atoms with van der Waals surface area (Å²) in [6, 6.07) is 0. The van der Waals surface area contributed by atoms with E-state index in [1.54, 1.807) is 0 Å². The highest BCUT2D eigenvalue weighted by atomic mass is 35.6. The Bertz CT molecular complexity index is 271. The Morgan fingerprint density at radius 3 is 2.10 bits per heavy atom. The van der Waals surface area contributed by atoms with E-state index in [2.05, 4.69) is 27.4 Å². The lowest BCUT2D eigenvalue weighted by Gasteiger charge is -2.03. The van der Waals surface area contributed by atoms with Gasteiger partial charge < -0.3 is 0 Å². The van der Waals surface area contributed by atoms with Crippen LogP contribution in [0.4, 0.5) is 0 Å². The van der Waals surface area contributed by atoms with Crippen LogP contribution in [-0.4, -0.2) is 15.2 Å². The van der Waals surface area contributed by atoms with Gasteiger partial charge >= 0.3 is 0 Å². The number of H-pyrrole nitrogens is 2. The van der Waals surface area contributed by atoms with Gasteiger partial charge in [0.15, 0.2) is 5.82 Å². The van der Waals surface area contributed by atoms with Crippen molar-refractivity contribution in [3.8, 4) is 0 Å². The molecule has 56 valence electrons. The summed E-state index contributed by atoms with van der Waals surface area (Å²) >= 11 is 21.0. The molecule has 1 heterocycles. The van der Waals surface area contributed by atoms with Gasteiger partial charge in [-0.3, -0.25) is 10.2 Å². The van der Waals surface area contributed by atoms with Gasteiger partial charge in [-0.15, -0.1) is 0 Å². The van der Waals surface area contributed by atoms with E-state index in [0.717, 1.165) is 0 Å². The molecule has 0 saturated heterocycles. The number of nitrogens with zero attached hydrogens (tertiary/aromatic N) is 1. The van der Waals surface area contributed by atoms with Gasteiger partial charge in [0, 0.05) is 0 Å². The first-order chi connectivity index (χ1) is 4.50. The Morgan fingerprint density at radius 1 is 1.30 bits per heavy atom. The van der Waals surface area contributed by atoms with E-state index in [-0.39, 0.29) is 10.6 Å². The highest BCUT2D eigenvalue weighted by molar-refractivity contribution is 7.71. The Morgan fingerprint density at radius 2 is 1.90 bits per heavy atom. The number of rotatable bonds is 0. The van der Waals surface area contributed by atoms with Gasteiger partial charge in [-0.2, -0.15) is 4.98 Å². The van der Waals surface area contributed by atoms with Crippen LogP contribution in [0.15, 0.2) is 0 Å². The average Bonchev–Trinajstić information content (AvgIpc) is 2.11. The Balaban J connectivity index is 3.07. The number of hydrogen-bond acceptors (Lipinski definition) is 2. The molecule has 0 spiro atoms. The van der Waals surface area contributed by atoms with Crippen LogP contribution >= 0.6 is 47.0 Å². The first-order valence-corrected chi connectivity index (χ1v) is 3.76. The molecule has 0 aromatic carbocycles. The van der Waals surface area contributed by atoms with Gasteiger partial charge in [0.2, 0.25) is 8.56 Å². The summed E-state index contributed by atoms with van der Waals surface area (Å²) in [6.07, 6.45) is 0. The van der Waals surface area contributed by atoms with Crippen LogP contribution < -0.4 is 0 Å². The highest BCUT2D eigenvalue weighted by Gasteiger charge is 2.26. The molecule has 3 nitrogen and oxygen atoms in total. The smallest absolute Gasteiger partial charge is 0.249 e. The molecule has 0 bridgehead atoms. The summed E-state index contributed by atoms with van der Waals surface area (Å²) < 4.78 is -1.27. The zero-order chi connectivity index (χ0) is 7.78. The quantitative estimate of drug-likeness (QED) is 0.518. The maximum Gasteiger partial charge on any atom is 0.249 e. The second-order valence-electron chi connectivity index (χ2n) is 1.51. The minimum Gasteiger partial charge on any atom is -0.282 e. The van der Waals surface area contributed by atoms with Gasteiger partial charge in [0.1, 0.15) is 0 Å². The third-order valence-corrected chi connectivity index (χ3v) is 1.50. The Kier molecular flexibility index (Phi) is 2.24. The molecular weight excluding hydrogens is 216 g/mol. The third kappa shape index (κ3) is 1.85. The summed E-state index contributed by atoms with van der Waals surface area (Å²) in [5.74, 6) is 0.197. The van der Waals surface area contributed by atoms with E-state index in [4.69, 9.17) is 34.8 Å². The van der Waals surface area contributed by atoms with Gasteiger partial charge in [-0.25, -0.2) is 0 Å². The third-order valence-electron chi connectivity index (χ3n) is 0.770. The topological polar surface area (TPSA) is 44.5 Å². The number of halogens is 3. The van der Waals surface area contributed by atoms with Crippen LogP contribution in [0, 0.1) is 4.77 Å². The molecule has 7 heteroatoms. The molecule has 0 amide bonds. The van der Waals surface area contributed by atoms with E-state index >= 15 is 0 Å². The van der Waals surface area contributed by atoms with Crippen LogP contribution in [0.5, 0.6) is 0 Å². The number of alkyl halides is 3. The lowest BCUT2D eigenvalue weighted by molar-refractivity contribution is 0.973. The molecular formula is C3H2Cl3N3S. The van der Waals surface area contributed by atoms with E-state index < -0.39 is 3.79 Å². The molecule has 0 saturated carbocycles. The zero-order valence-corrected chi connectivity index (χ0v) is 7.57. The Hall–Kier alpha value is 0.230. The maximum absolute atomic E-state index is 5.44. The summed E-state index contributed by atoms with van der Waals surface area (Å²) in [5.41, 5.74) is 0. The second-order valence-corrected chi connectivity index (χ2v) is 4.18. The molecule has 0 radical (unpaired) electrons. The molecule has 1 aromatic rings. The lowest BCUT2D eigenvalue weighted by atomic mass is 10.7. The number of aromatic amines is 2. The van der Waals surface area contributed by atoms with Crippen molar-refractivity contribution in [2.45, 2.75) is 3.79 Å². The maximum atomic E-state index is 5.44. The monoisotopic (exact) mass is 217 g/mol. The summed E-state index contributed by atoms with van der Waals surface area (Å²) in [5, 5.41) is 5.01. The largest absolute Gasteiger partial charge is 0.282 e. The minimum atomic E-state index is -1.53. The molecule has 1 rings (SSSR count). The van der Waals surface area contributed by atoms with Crippen molar-refractivity contribution in [1.29, 1.82) is 0 Å². The predicted octanol–water partition coefficient (Wildman–Crippen LogP) is 2.29. The number of hydrogen-bond donors (Lipinski definition) is 2. The second kappa shape index (κ2) is 2.70. The van der Waals surface area contributed by atoms with Crippen LogP contribution in [0.3, 0.4) is 0 Å². The summed E-state index contributed by atoms with van der Waals surface area (Å²) in [6.45, 7) is 0. The highest BCUT2D eigenvalue weighted by Crippen LogP contribution is 2.35. The van der Waals surface area contributed by atoms with Crippen LogP contribution in [-0.2, 0) is 3.79 Å². The molecule has 1 aromatic heterocycles. The standard InChI is InChI=1S/C3H2Cl3N3S/c4-3(5,6)1-7-2(10)9-8-1/h(H2,7,8,9,10). The van der Waals surface area contributed by atoms with E-state index in [9.17, 15) is 0 Å². The fraction of sp³-hybridized carbons (Fsp3) is 0.333. The molecule has 10 heavy (non-hydrogen) atoms. The van der Waals surface area contributed by atoms with Crippen molar-refractivity contribution >= 4 is 47.0 Å². The molecule has 0 aliphatic heterocycles. The van der Waals surface area contributed by atoms with Crippen molar-refractivity contribution < 1.29 is 0 Å². The molecule has 0 atom stereocenters. The van der Waals surface area contributed by atoms with Gasteiger partial charge in [-0.05, 0) is 12.2 Å². The minimum absolute atomic E-state index is 0.197.